The fourth-order valence-electron chi connectivity index (χ4n) is 4.55. The Morgan fingerprint density at radius 3 is 2.08 bits per heavy atom. The number of carbonyl (C=O) groups excluding carboxylic acids is 1. The number of benzene rings is 1. The second kappa shape index (κ2) is 7.53. The molecule has 1 aromatic carbocycles. The second-order valence-electron chi connectivity index (χ2n) is 7.19. The van der Waals surface area contributed by atoms with Crippen molar-refractivity contribution < 1.29 is 24.1 Å². The molecule has 3 rings (SSSR count). The highest BCUT2D eigenvalue weighted by Gasteiger charge is 2.43. The zero-order valence-electron chi connectivity index (χ0n) is 15.6. The summed E-state index contributed by atoms with van der Waals surface area (Å²) in [5.41, 5.74) is 0.356. The quantitative estimate of drug-likeness (QED) is 0.846. The van der Waals surface area contributed by atoms with Crippen molar-refractivity contribution in [1.82, 2.24) is 4.90 Å². The smallest absolute Gasteiger partial charge is 0.257 e. The van der Waals surface area contributed by atoms with Crippen LogP contribution in [0.2, 0.25) is 5.02 Å². The Hall–Kier alpha value is -1.66. The molecular formula is C19H26ClNO5. The van der Waals surface area contributed by atoms with E-state index in [4.69, 9.17) is 25.8 Å². The van der Waals surface area contributed by atoms with Crippen molar-refractivity contribution in [2.24, 2.45) is 11.8 Å². The summed E-state index contributed by atoms with van der Waals surface area (Å²) in [6.45, 7) is 0. The molecule has 0 aliphatic heterocycles. The molecule has 0 spiro atoms. The maximum Gasteiger partial charge on any atom is 0.257 e. The molecule has 144 valence electrons. The maximum absolute atomic E-state index is 13.2. The Bertz CT molecular complexity index is 681. The molecule has 26 heavy (non-hydrogen) atoms. The number of aliphatic hydroxyl groups excluding tert-OH is 1. The van der Waals surface area contributed by atoms with Gasteiger partial charge in [-0.3, -0.25) is 4.79 Å². The molecule has 0 aromatic heterocycles. The molecule has 4 atom stereocenters. The second-order valence-corrected chi connectivity index (χ2v) is 7.60. The third kappa shape index (κ3) is 3.21. The summed E-state index contributed by atoms with van der Waals surface area (Å²) in [5.74, 6) is 1.82. The van der Waals surface area contributed by atoms with Gasteiger partial charge in [-0.1, -0.05) is 11.6 Å². The van der Waals surface area contributed by atoms with Crippen molar-refractivity contribution in [1.29, 1.82) is 0 Å². The van der Waals surface area contributed by atoms with Crippen LogP contribution in [0.15, 0.2) is 6.07 Å². The lowest BCUT2D eigenvalue weighted by atomic mass is 10.0. The van der Waals surface area contributed by atoms with E-state index in [1.807, 2.05) is 7.05 Å². The largest absolute Gasteiger partial charge is 0.492 e. The minimum Gasteiger partial charge on any atom is -0.492 e. The van der Waals surface area contributed by atoms with E-state index < -0.39 is 0 Å². The van der Waals surface area contributed by atoms with Crippen molar-refractivity contribution in [3.8, 4) is 17.2 Å². The first-order chi connectivity index (χ1) is 12.4. The summed E-state index contributed by atoms with van der Waals surface area (Å²) < 4.78 is 16.1. The van der Waals surface area contributed by atoms with Crippen LogP contribution >= 0.6 is 11.6 Å². The van der Waals surface area contributed by atoms with Crippen molar-refractivity contribution in [3.05, 3.63) is 16.7 Å². The van der Waals surface area contributed by atoms with Crippen LogP contribution in [-0.2, 0) is 0 Å². The first-order valence-corrected chi connectivity index (χ1v) is 9.22. The van der Waals surface area contributed by atoms with Crippen molar-refractivity contribution in [2.75, 3.05) is 28.4 Å². The van der Waals surface area contributed by atoms with Gasteiger partial charge < -0.3 is 24.2 Å². The van der Waals surface area contributed by atoms with Crippen LogP contribution < -0.4 is 14.2 Å². The van der Waals surface area contributed by atoms with E-state index in [1.165, 1.54) is 21.3 Å². The number of nitrogens with zero attached hydrogens (tertiary/aromatic N) is 1. The average Bonchev–Trinajstić information content (AvgIpc) is 3.16. The monoisotopic (exact) mass is 383 g/mol. The Balaban J connectivity index is 1.87. The number of halogens is 1. The summed E-state index contributed by atoms with van der Waals surface area (Å²) in [5, 5.41) is 10.1. The first kappa shape index (κ1) is 19.1. The van der Waals surface area contributed by atoms with E-state index in [9.17, 15) is 9.90 Å². The lowest BCUT2D eigenvalue weighted by molar-refractivity contribution is 0.0718. The molecule has 0 heterocycles. The predicted molar refractivity (Wildman–Crippen MR) is 98.4 cm³/mol. The van der Waals surface area contributed by atoms with E-state index in [0.29, 0.717) is 39.7 Å². The van der Waals surface area contributed by atoms with E-state index in [0.717, 1.165) is 25.7 Å². The number of rotatable bonds is 5. The van der Waals surface area contributed by atoms with E-state index >= 15 is 0 Å². The third-order valence-electron chi connectivity index (χ3n) is 5.82. The van der Waals surface area contributed by atoms with Crippen LogP contribution in [0.1, 0.15) is 36.0 Å². The van der Waals surface area contributed by atoms with Gasteiger partial charge in [-0.2, -0.15) is 0 Å². The molecule has 6 nitrogen and oxygen atoms in total. The zero-order chi connectivity index (χ0) is 19.0. The topological polar surface area (TPSA) is 68.2 Å². The van der Waals surface area contributed by atoms with Crippen LogP contribution in [-0.4, -0.2) is 56.4 Å². The van der Waals surface area contributed by atoms with Gasteiger partial charge in [0.25, 0.3) is 5.91 Å². The van der Waals surface area contributed by atoms with Gasteiger partial charge in [0.2, 0.25) is 5.75 Å². The van der Waals surface area contributed by atoms with Gasteiger partial charge in [0, 0.05) is 13.1 Å². The number of aliphatic hydroxyl groups is 1. The lowest BCUT2D eigenvalue weighted by Crippen LogP contribution is -2.36. The molecule has 2 unspecified atom stereocenters. The van der Waals surface area contributed by atoms with Crippen LogP contribution in [0.3, 0.4) is 0 Å². The highest BCUT2D eigenvalue weighted by molar-refractivity contribution is 6.33. The van der Waals surface area contributed by atoms with Crippen molar-refractivity contribution >= 4 is 17.5 Å². The van der Waals surface area contributed by atoms with Gasteiger partial charge in [0.15, 0.2) is 11.5 Å². The van der Waals surface area contributed by atoms with Crippen molar-refractivity contribution in [3.63, 3.8) is 0 Å². The molecule has 2 saturated carbocycles. The van der Waals surface area contributed by atoms with Gasteiger partial charge in [0.1, 0.15) is 0 Å². The molecule has 1 amide bonds. The van der Waals surface area contributed by atoms with Gasteiger partial charge in [0.05, 0.1) is 38.0 Å². The minimum absolute atomic E-state index is 0.154. The summed E-state index contributed by atoms with van der Waals surface area (Å²) >= 11 is 6.29. The molecule has 0 bridgehead atoms. The third-order valence-corrected chi connectivity index (χ3v) is 6.10. The molecule has 2 aliphatic rings. The molecule has 2 fully saturated rings. The van der Waals surface area contributed by atoms with Crippen molar-refractivity contribution in [2.45, 2.75) is 37.8 Å². The number of fused-ring (bicyclic) bond motifs is 1. The van der Waals surface area contributed by atoms with Crippen LogP contribution in [0, 0.1) is 11.8 Å². The average molecular weight is 384 g/mol. The van der Waals surface area contributed by atoms with E-state index in [2.05, 4.69) is 0 Å². The standard InChI is InChI=1S/C19H26ClNO5/c1-21(12-5-10-7-13(22)8-11(10)6-12)19(23)14-9-15(20)17(25-3)18(26-4)16(14)24-2/h9-13,22H,5-8H2,1-4H3/t10-,11+,12?,13?. The highest BCUT2D eigenvalue weighted by atomic mass is 35.5. The molecule has 2 aliphatic carbocycles. The minimum atomic E-state index is -0.184. The molecular weight excluding hydrogens is 358 g/mol. The number of amides is 1. The van der Waals surface area contributed by atoms with E-state index in [-0.39, 0.29) is 18.1 Å². The fourth-order valence-corrected chi connectivity index (χ4v) is 4.83. The Labute approximate surface area is 159 Å². The van der Waals surface area contributed by atoms with Gasteiger partial charge in [-0.25, -0.2) is 0 Å². The van der Waals surface area contributed by atoms with Crippen LogP contribution in [0.25, 0.3) is 0 Å². The SMILES string of the molecule is COc1c(Cl)cc(C(=O)N(C)C2C[C@H]3CC(O)C[C@H]3C2)c(OC)c1OC. The Kier molecular flexibility index (Phi) is 5.53. The first-order valence-electron chi connectivity index (χ1n) is 8.84. The highest BCUT2D eigenvalue weighted by Crippen LogP contribution is 2.47. The zero-order valence-corrected chi connectivity index (χ0v) is 16.4. The predicted octanol–water partition coefficient (Wildman–Crippen LogP) is 2.99. The number of methoxy groups -OCH3 is 3. The number of hydrogen-bond acceptors (Lipinski definition) is 5. The molecule has 0 saturated heterocycles. The Morgan fingerprint density at radius 2 is 1.58 bits per heavy atom. The van der Waals surface area contributed by atoms with Gasteiger partial charge in [-0.15, -0.1) is 0 Å². The summed E-state index contributed by atoms with van der Waals surface area (Å²) in [7, 11) is 6.28. The summed E-state index contributed by atoms with van der Waals surface area (Å²) in [6.07, 6.45) is 3.35. The lowest BCUT2D eigenvalue weighted by Gasteiger charge is -2.27. The van der Waals surface area contributed by atoms with Crippen LogP contribution in [0.4, 0.5) is 0 Å². The van der Waals surface area contributed by atoms with Crippen LogP contribution in [0.5, 0.6) is 17.2 Å². The van der Waals surface area contributed by atoms with Gasteiger partial charge >= 0.3 is 0 Å². The van der Waals surface area contributed by atoms with E-state index in [1.54, 1.807) is 11.0 Å². The molecule has 0 radical (unpaired) electrons. The molecule has 1 aromatic rings. The number of carbonyl (C=O) groups is 1. The summed E-state index contributed by atoms with van der Waals surface area (Å²) in [4.78, 5) is 14.9. The molecule has 7 heteroatoms. The number of ether oxygens (including phenoxy) is 3. The molecule has 1 N–H and O–H groups in total. The Morgan fingerprint density at radius 1 is 1.04 bits per heavy atom. The van der Waals surface area contributed by atoms with Gasteiger partial charge in [-0.05, 0) is 43.6 Å². The normalized spacial score (nSPS) is 27.2. The number of hydrogen-bond donors (Lipinski definition) is 1. The maximum atomic E-state index is 13.2. The summed E-state index contributed by atoms with van der Waals surface area (Å²) in [6, 6.07) is 1.72. The fraction of sp³-hybridized carbons (Fsp3) is 0.632.